The average molecular weight is 328 g/mol. The van der Waals surface area contributed by atoms with Gasteiger partial charge in [0.05, 0.1) is 11.9 Å². The Hall–Kier alpha value is -0.850. The minimum absolute atomic E-state index is 0.548. The van der Waals surface area contributed by atoms with Crippen molar-refractivity contribution in [3.63, 3.8) is 0 Å². The molecule has 0 aliphatic carbocycles. The number of aromatic nitrogens is 3. The van der Waals surface area contributed by atoms with Crippen molar-refractivity contribution >= 4 is 27.7 Å². The highest BCUT2D eigenvalue weighted by Crippen LogP contribution is 2.25. The maximum atomic E-state index is 10.1. The van der Waals surface area contributed by atoms with Gasteiger partial charge in [0.25, 0.3) is 0 Å². The van der Waals surface area contributed by atoms with Gasteiger partial charge >= 0.3 is 0 Å². The Morgan fingerprint density at radius 3 is 2.78 bits per heavy atom. The molecule has 1 N–H and O–H groups in total. The molecule has 18 heavy (non-hydrogen) atoms. The van der Waals surface area contributed by atoms with Crippen LogP contribution in [0.2, 0.25) is 0 Å². The van der Waals surface area contributed by atoms with Crippen molar-refractivity contribution in [2.24, 2.45) is 0 Å². The summed E-state index contributed by atoms with van der Waals surface area (Å²) >= 11 is 5.01. The molecule has 1 aromatic heterocycles. The molecule has 1 atom stereocenters. The van der Waals surface area contributed by atoms with E-state index in [0.29, 0.717) is 5.75 Å². The Kier molecular flexibility index (Phi) is 4.79. The van der Waals surface area contributed by atoms with Crippen LogP contribution in [0.4, 0.5) is 0 Å². The zero-order valence-corrected chi connectivity index (χ0v) is 12.4. The van der Waals surface area contributed by atoms with Gasteiger partial charge in [0, 0.05) is 21.7 Å². The topological polar surface area (TPSA) is 50.9 Å². The van der Waals surface area contributed by atoms with E-state index in [0.717, 1.165) is 21.6 Å². The lowest BCUT2D eigenvalue weighted by Gasteiger charge is -2.10. The third-order valence-corrected chi connectivity index (χ3v) is 4.13. The second kappa shape index (κ2) is 6.36. The molecule has 0 aliphatic rings. The van der Waals surface area contributed by atoms with E-state index in [-0.39, 0.29) is 0 Å². The molecule has 4 nitrogen and oxygen atoms in total. The van der Waals surface area contributed by atoms with Gasteiger partial charge in [0.15, 0.2) is 0 Å². The van der Waals surface area contributed by atoms with Gasteiger partial charge in [-0.1, -0.05) is 21.1 Å². The second-order valence-corrected chi connectivity index (χ2v) is 5.76. The summed E-state index contributed by atoms with van der Waals surface area (Å²) < 4.78 is 2.77. The zero-order chi connectivity index (χ0) is 13.0. The van der Waals surface area contributed by atoms with Crippen molar-refractivity contribution in [2.75, 3.05) is 5.75 Å². The first-order chi connectivity index (χ1) is 8.70. The second-order valence-electron chi connectivity index (χ2n) is 3.76. The van der Waals surface area contributed by atoms with E-state index in [4.69, 9.17) is 0 Å². The van der Waals surface area contributed by atoms with E-state index in [1.807, 2.05) is 31.2 Å². The monoisotopic (exact) mass is 327 g/mol. The van der Waals surface area contributed by atoms with Crippen molar-refractivity contribution in [1.29, 1.82) is 0 Å². The predicted octanol–water partition coefficient (Wildman–Crippen LogP) is 2.89. The fourth-order valence-electron chi connectivity index (χ4n) is 1.56. The molecular weight excluding hydrogens is 314 g/mol. The Labute approximate surface area is 119 Å². The van der Waals surface area contributed by atoms with Crippen LogP contribution in [0, 0.1) is 0 Å². The van der Waals surface area contributed by atoms with Gasteiger partial charge in [-0.25, -0.2) is 4.68 Å². The largest absolute Gasteiger partial charge is 0.386 e. The smallest absolute Gasteiger partial charge is 0.107 e. The van der Waals surface area contributed by atoms with E-state index in [1.54, 1.807) is 22.6 Å². The van der Waals surface area contributed by atoms with Crippen LogP contribution in [0.3, 0.4) is 0 Å². The molecule has 2 rings (SSSR count). The van der Waals surface area contributed by atoms with Crippen LogP contribution < -0.4 is 0 Å². The van der Waals surface area contributed by atoms with E-state index >= 15 is 0 Å². The summed E-state index contributed by atoms with van der Waals surface area (Å²) in [5.41, 5.74) is 0.766. The maximum absolute atomic E-state index is 10.1. The number of aliphatic hydroxyl groups excluding tert-OH is 1. The first-order valence-corrected chi connectivity index (χ1v) is 7.43. The Bertz CT molecular complexity index is 500. The summed E-state index contributed by atoms with van der Waals surface area (Å²) in [5.74, 6) is 0.592. The molecule has 2 aromatic rings. The SMILES string of the molecule is CCn1nncc1C(O)CSc1ccc(Br)cc1. The molecular formula is C12H14BrN3OS. The van der Waals surface area contributed by atoms with Gasteiger partial charge in [0.1, 0.15) is 6.10 Å². The number of benzene rings is 1. The third-order valence-electron chi connectivity index (χ3n) is 2.51. The number of aliphatic hydroxyl groups is 1. The highest BCUT2D eigenvalue weighted by atomic mass is 79.9. The number of halogens is 1. The van der Waals surface area contributed by atoms with Crippen LogP contribution in [0.5, 0.6) is 0 Å². The van der Waals surface area contributed by atoms with Crippen LogP contribution in [-0.2, 0) is 6.54 Å². The van der Waals surface area contributed by atoms with E-state index in [1.165, 1.54) is 0 Å². The van der Waals surface area contributed by atoms with Crippen LogP contribution in [0.25, 0.3) is 0 Å². The van der Waals surface area contributed by atoms with Gasteiger partial charge in [-0.05, 0) is 31.2 Å². The minimum atomic E-state index is -0.548. The van der Waals surface area contributed by atoms with Crippen molar-refractivity contribution in [2.45, 2.75) is 24.5 Å². The number of rotatable bonds is 5. The molecule has 0 fully saturated rings. The third kappa shape index (κ3) is 3.34. The standard InChI is InChI=1S/C12H14BrN3OS/c1-2-16-11(7-14-15-16)12(17)8-18-10-5-3-9(13)4-6-10/h3-7,12,17H,2,8H2,1H3. The molecule has 1 unspecified atom stereocenters. The molecule has 0 aliphatic heterocycles. The average Bonchev–Trinajstić information content (AvgIpc) is 2.86. The highest BCUT2D eigenvalue weighted by molar-refractivity contribution is 9.10. The number of nitrogens with zero attached hydrogens (tertiary/aromatic N) is 3. The normalized spacial score (nSPS) is 12.6. The van der Waals surface area contributed by atoms with E-state index in [2.05, 4.69) is 26.2 Å². The van der Waals surface area contributed by atoms with Gasteiger partial charge in [0.2, 0.25) is 0 Å². The highest BCUT2D eigenvalue weighted by Gasteiger charge is 2.13. The molecule has 0 amide bonds. The Morgan fingerprint density at radius 1 is 1.39 bits per heavy atom. The van der Waals surface area contributed by atoms with E-state index in [9.17, 15) is 5.11 Å². The lowest BCUT2D eigenvalue weighted by molar-refractivity contribution is 0.192. The summed E-state index contributed by atoms with van der Waals surface area (Å²) in [4.78, 5) is 1.13. The molecule has 1 heterocycles. The molecule has 6 heteroatoms. The Morgan fingerprint density at radius 2 is 2.11 bits per heavy atom. The van der Waals surface area contributed by atoms with Crippen LogP contribution in [-0.4, -0.2) is 25.9 Å². The molecule has 96 valence electrons. The first-order valence-electron chi connectivity index (χ1n) is 5.65. The molecule has 0 bridgehead atoms. The molecule has 0 saturated carbocycles. The molecule has 0 saturated heterocycles. The van der Waals surface area contributed by atoms with Gasteiger partial charge in [-0.2, -0.15) is 0 Å². The number of hydrogen-bond acceptors (Lipinski definition) is 4. The minimum Gasteiger partial charge on any atom is -0.386 e. The van der Waals surface area contributed by atoms with Crippen LogP contribution >= 0.6 is 27.7 Å². The maximum Gasteiger partial charge on any atom is 0.107 e. The molecule has 0 spiro atoms. The fourth-order valence-corrected chi connectivity index (χ4v) is 2.67. The van der Waals surface area contributed by atoms with Crippen LogP contribution in [0.1, 0.15) is 18.7 Å². The zero-order valence-electron chi connectivity index (χ0n) is 9.95. The van der Waals surface area contributed by atoms with Crippen molar-refractivity contribution in [1.82, 2.24) is 15.0 Å². The predicted molar refractivity (Wildman–Crippen MR) is 75.5 cm³/mol. The number of thioether (sulfide) groups is 1. The summed E-state index contributed by atoms with van der Waals surface area (Å²) in [6, 6.07) is 8.03. The van der Waals surface area contributed by atoms with Crippen molar-refractivity contribution in [3.8, 4) is 0 Å². The Balaban J connectivity index is 1.96. The summed E-state index contributed by atoms with van der Waals surface area (Å²) in [7, 11) is 0. The van der Waals surface area contributed by atoms with Crippen molar-refractivity contribution in [3.05, 3.63) is 40.6 Å². The first kappa shape index (κ1) is 13.6. The summed E-state index contributed by atoms with van der Waals surface area (Å²) in [6.45, 7) is 2.70. The molecule has 1 aromatic carbocycles. The fraction of sp³-hybridized carbons (Fsp3) is 0.333. The van der Waals surface area contributed by atoms with Crippen molar-refractivity contribution < 1.29 is 5.11 Å². The lowest BCUT2D eigenvalue weighted by atomic mass is 10.3. The summed E-state index contributed by atoms with van der Waals surface area (Å²) in [5, 5.41) is 17.8. The summed E-state index contributed by atoms with van der Waals surface area (Å²) in [6.07, 6.45) is 1.07. The number of hydrogen-bond donors (Lipinski definition) is 1. The van der Waals surface area contributed by atoms with Crippen LogP contribution in [0.15, 0.2) is 39.8 Å². The number of aryl methyl sites for hydroxylation is 1. The van der Waals surface area contributed by atoms with E-state index < -0.39 is 6.10 Å². The molecule has 0 radical (unpaired) electrons. The quantitative estimate of drug-likeness (QED) is 0.858. The van der Waals surface area contributed by atoms with Gasteiger partial charge in [-0.3, -0.25) is 0 Å². The lowest BCUT2D eigenvalue weighted by Crippen LogP contribution is -2.09. The van der Waals surface area contributed by atoms with Gasteiger partial charge < -0.3 is 5.11 Å². The van der Waals surface area contributed by atoms with Gasteiger partial charge in [-0.15, -0.1) is 16.9 Å².